The van der Waals surface area contributed by atoms with E-state index in [0.717, 1.165) is 0 Å². The summed E-state index contributed by atoms with van der Waals surface area (Å²) in [6.07, 6.45) is -6.92. The maximum atomic E-state index is 11.8. The second-order valence-corrected chi connectivity index (χ2v) is 3.55. The Hall–Kier alpha value is -1.10. The Morgan fingerprint density at radius 2 is 1.32 bits per heavy atom. The molecule has 0 bridgehead atoms. The van der Waals surface area contributed by atoms with E-state index in [1.807, 2.05) is 14.1 Å². The fourth-order valence-electron chi connectivity index (χ4n) is 0.312. The zero-order chi connectivity index (χ0) is 16.2. The van der Waals surface area contributed by atoms with Gasteiger partial charge in [-0.05, 0) is 21.0 Å². The number of carboxylic acids is 1. The molecule has 0 aliphatic heterocycles. The van der Waals surface area contributed by atoms with Crippen molar-refractivity contribution >= 4 is 5.97 Å². The molecule has 0 spiro atoms. The third-order valence-corrected chi connectivity index (χ3v) is 1.77. The van der Waals surface area contributed by atoms with Crippen LogP contribution in [0.1, 0.15) is 6.92 Å². The van der Waals surface area contributed by atoms with Gasteiger partial charge in [-0.15, -0.1) is 0 Å². The number of rotatable bonds is 3. The van der Waals surface area contributed by atoms with Crippen LogP contribution < -0.4 is 0 Å². The van der Waals surface area contributed by atoms with Crippen molar-refractivity contribution in [3.05, 3.63) is 0 Å². The van der Waals surface area contributed by atoms with Gasteiger partial charge in [-0.25, -0.2) is 4.79 Å². The summed E-state index contributed by atoms with van der Waals surface area (Å²) in [7, 11) is 3.65. The Kier molecular flexibility index (Phi) is 6.78. The quantitative estimate of drug-likeness (QED) is 0.616. The van der Waals surface area contributed by atoms with E-state index in [1.165, 1.54) is 0 Å². The minimum atomic E-state index is -6.60. The lowest BCUT2D eigenvalue weighted by Gasteiger charge is -2.24. The van der Waals surface area contributed by atoms with Crippen molar-refractivity contribution in [1.29, 1.82) is 0 Å². The van der Waals surface area contributed by atoms with Gasteiger partial charge in [-0.2, -0.15) is 30.7 Å². The molecule has 1 atom stereocenters. The first kappa shape index (κ1) is 20.2. The van der Waals surface area contributed by atoms with Crippen LogP contribution in [0, 0.1) is 0 Å². The third kappa shape index (κ3) is 5.19. The molecule has 0 aliphatic rings. The van der Waals surface area contributed by atoms with E-state index < -0.39 is 24.0 Å². The molecule has 0 aromatic carbocycles. The minimum Gasteiger partial charge on any atom is -0.477 e. The summed E-state index contributed by atoms with van der Waals surface area (Å²) >= 11 is 0. The zero-order valence-corrected chi connectivity index (χ0v) is 9.97. The van der Waals surface area contributed by atoms with Gasteiger partial charge in [0.15, 0.2) is 0 Å². The number of halogens is 7. The predicted octanol–water partition coefficient (Wildman–Crippen LogP) is 1.79. The van der Waals surface area contributed by atoms with Crippen molar-refractivity contribution in [2.75, 3.05) is 14.1 Å². The first-order chi connectivity index (χ1) is 8.09. The largest absolute Gasteiger partial charge is 0.477 e. The van der Waals surface area contributed by atoms with Crippen LogP contribution in [0.25, 0.3) is 0 Å². The van der Waals surface area contributed by atoms with Gasteiger partial charge in [0, 0.05) is 0 Å². The molecule has 0 aromatic rings. The Morgan fingerprint density at radius 1 is 1.05 bits per heavy atom. The van der Waals surface area contributed by atoms with E-state index in [4.69, 9.17) is 10.2 Å². The van der Waals surface area contributed by atoms with Crippen LogP contribution >= 0.6 is 0 Å². The van der Waals surface area contributed by atoms with E-state index in [9.17, 15) is 35.5 Å². The molecule has 0 radical (unpaired) electrons. The molecule has 4 nitrogen and oxygen atoms in total. The van der Waals surface area contributed by atoms with Gasteiger partial charge in [-0.1, -0.05) is 0 Å². The van der Waals surface area contributed by atoms with Gasteiger partial charge in [0.2, 0.25) is 0 Å². The van der Waals surface area contributed by atoms with Gasteiger partial charge in [-0.3, -0.25) is 4.90 Å². The van der Waals surface area contributed by atoms with Crippen LogP contribution in [-0.4, -0.2) is 59.4 Å². The van der Waals surface area contributed by atoms with E-state index in [2.05, 4.69) is 0 Å². The van der Waals surface area contributed by atoms with Gasteiger partial charge in [0.25, 0.3) is 0 Å². The molecule has 0 saturated heterocycles. The highest BCUT2D eigenvalue weighted by Crippen LogP contribution is 2.46. The highest BCUT2D eigenvalue weighted by molar-refractivity contribution is 5.76. The summed E-state index contributed by atoms with van der Waals surface area (Å²) in [6, 6.07) is 0. The Morgan fingerprint density at radius 3 is 1.37 bits per heavy atom. The Labute approximate surface area is 103 Å². The molecular formula is C8H12F7NO3. The lowest BCUT2D eigenvalue weighted by atomic mass is 10.1. The number of aliphatic hydroxyl groups excluding tert-OH is 1. The molecular weight excluding hydrogens is 291 g/mol. The van der Waals surface area contributed by atoms with Crippen molar-refractivity contribution < 1.29 is 45.7 Å². The first-order valence-electron chi connectivity index (χ1n) is 4.49. The average Bonchev–Trinajstić information content (AvgIpc) is 2.15. The number of hydrogen-bond acceptors (Lipinski definition) is 3. The first-order valence-corrected chi connectivity index (χ1v) is 4.49. The van der Waals surface area contributed by atoms with Crippen LogP contribution in [0.3, 0.4) is 0 Å². The van der Waals surface area contributed by atoms with Crippen molar-refractivity contribution in [2.24, 2.45) is 0 Å². The molecule has 0 amide bonds. The average molecular weight is 303 g/mol. The predicted molar refractivity (Wildman–Crippen MR) is 49.0 cm³/mol. The number of aliphatic hydroxyl groups is 1. The van der Waals surface area contributed by atoms with Gasteiger partial charge >= 0.3 is 24.0 Å². The number of alkyl halides is 7. The monoisotopic (exact) mass is 303 g/mol. The van der Waals surface area contributed by atoms with Gasteiger partial charge < -0.3 is 10.2 Å². The topological polar surface area (TPSA) is 60.8 Å². The second-order valence-electron chi connectivity index (χ2n) is 3.55. The number of nitrogens with zero attached hydrogens (tertiary/aromatic N) is 1. The highest BCUT2D eigenvalue weighted by Gasteiger charge is 2.76. The van der Waals surface area contributed by atoms with Crippen LogP contribution in [0.5, 0.6) is 0 Å². The van der Waals surface area contributed by atoms with Gasteiger partial charge in [0.1, 0.15) is 6.23 Å². The zero-order valence-electron chi connectivity index (χ0n) is 9.97. The molecule has 0 rings (SSSR count). The molecule has 0 aromatic heterocycles. The molecule has 0 aliphatic carbocycles. The molecule has 0 saturated carbocycles. The molecule has 11 heteroatoms. The second kappa shape index (κ2) is 6.37. The molecule has 0 heterocycles. The molecule has 2 N–H and O–H groups in total. The van der Waals surface area contributed by atoms with Crippen molar-refractivity contribution in [3.8, 4) is 0 Å². The van der Waals surface area contributed by atoms with Crippen LogP contribution in [0.2, 0.25) is 0 Å². The number of hydrogen-bond donors (Lipinski definition) is 2. The summed E-state index contributed by atoms with van der Waals surface area (Å²) in [6.45, 7) is 1.72. The van der Waals surface area contributed by atoms with E-state index in [1.54, 1.807) is 11.8 Å². The lowest BCUT2D eigenvalue weighted by molar-refractivity contribution is -0.347. The number of carboxylic acid groups (broad SMARTS) is 1. The van der Waals surface area contributed by atoms with E-state index in [0.29, 0.717) is 0 Å². The minimum absolute atomic E-state index is 0.315. The molecule has 1 unspecified atom stereocenters. The third-order valence-electron chi connectivity index (χ3n) is 1.77. The standard InChI is InChI=1S/C4HF7O2.C4H11NO/c5-2(6,1(12)13)3(7,8)4(9,10)11;1-4(6)5(2)3/h(H,12,13);4,6H,1-3H3. The lowest BCUT2D eigenvalue weighted by Crippen LogP contribution is -2.56. The summed E-state index contributed by atoms with van der Waals surface area (Å²) in [5, 5.41) is 16.0. The molecule has 116 valence electrons. The Bertz CT molecular complexity index is 295. The highest BCUT2D eigenvalue weighted by atomic mass is 19.4. The van der Waals surface area contributed by atoms with E-state index in [-0.39, 0.29) is 6.23 Å². The van der Waals surface area contributed by atoms with Crippen molar-refractivity contribution in [2.45, 2.75) is 31.2 Å². The fourth-order valence-corrected chi connectivity index (χ4v) is 0.312. The van der Waals surface area contributed by atoms with E-state index >= 15 is 0 Å². The summed E-state index contributed by atoms with van der Waals surface area (Å²) in [4.78, 5) is 11.1. The van der Waals surface area contributed by atoms with Crippen molar-refractivity contribution in [1.82, 2.24) is 4.90 Å². The fraction of sp³-hybridized carbons (Fsp3) is 0.875. The Balaban J connectivity index is 0. The van der Waals surface area contributed by atoms with Crippen molar-refractivity contribution in [3.63, 3.8) is 0 Å². The SMILES string of the molecule is CC(O)N(C)C.O=C(O)C(F)(F)C(F)(F)C(F)(F)F. The van der Waals surface area contributed by atoms with Crippen LogP contribution in [0.15, 0.2) is 0 Å². The van der Waals surface area contributed by atoms with Gasteiger partial charge in [0.05, 0.1) is 0 Å². The summed E-state index contributed by atoms with van der Waals surface area (Å²) in [5.74, 6) is -16.3. The smallest absolute Gasteiger partial charge is 0.460 e. The maximum absolute atomic E-state index is 11.8. The molecule has 19 heavy (non-hydrogen) atoms. The normalized spacial score (nSPS) is 14.7. The van der Waals surface area contributed by atoms with Crippen LogP contribution in [0.4, 0.5) is 30.7 Å². The summed E-state index contributed by atoms with van der Waals surface area (Å²) in [5.41, 5.74) is 0. The maximum Gasteiger partial charge on any atom is 0.460 e. The number of carbonyl (C=O) groups is 1. The van der Waals surface area contributed by atoms with Crippen LogP contribution in [-0.2, 0) is 4.79 Å². The summed E-state index contributed by atoms with van der Waals surface area (Å²) < 4.78 is 80.5. The number of aliphatic carboxylic acids is 1. The molecule has 0 fully saturated rings.